The monoisotopic (exact) mass is 429 g/mol. The summed E-state index contributed by atoms with van der Waals surface area (Å²) in [6.07, 6.45) is 2.43. The van der Waals surface area contributed by atoms with E-state index < -0.39 is 5.92 Å². The molecular formula is C25H23N3O4. The minimum atomic E-state index is -0.407. The highest BCUT2D eigenvalue weighted by Crippen LogP contribution is 2.27. The lowest BCUT2D eigenvalue weighted by Gasteiger charge is -2.28. The van der Waals surface area contributed by atoms with E-state index in [-0.39, 0.29) is 24.1 Å². The number of benzene rings is 2. The van der Waals surface area contributed by atoms with Crippen LogP contribution in [0.4, 0.5) is 11.4 Å². The molecule has 1 unspecified atom stereocenters. The summed E-state index contributed by atoms with van der Waals surface area (Å²) in [6.45, 7) is 1.45. The maximum atomic E-state index is 12.9. The number of nitrogens with one attached hydrogen (secondary N) is 1. The zero-order chi connectivity index (χ0) is 22.1. The van der Waals surface area contributed by atoms with Gasteiger partial charge >= 0.3 is 0 Å². The zero-order valence-corrected chi connectivity index (χ0v) is 17.5. The number of nitrogens with zero attached hydrogens (tertiary/aromatic N) is 2. The van der Waals surface area contributed by atoms with Crippen LogP contribution in [-0.2, 0) is 22.6 Å². The molecule has 0 saturated carbocycles. The lowest BCUT2D eigenvalue weighted by atomic mass is 9.98. The van der Waals surface area contributed by atoms with Crippen molar-refractivity contribution in [3.63, 3.8) is 0 Å². The van der Waals surface area contributed by atoms with E-state index in [9.17, 15) is 14.4 Å². The molecule has 1 aromatic heterocycles. The van der Waals surface area contributed by atoms with Crippen LogP contribution in [0.5, 0.6) is 0 Å². The van der Waals surface area contributed by atoms with Crippen LogP contribution in [0.25, 0.3) is 0 Å². The average molecular weight is 429 g/mol. The molecule has 1 atom stereocenters. The molecule has 2 aliphatic rings. The molecule has 7 heteroatoms. The molecule has 7 nitrogen and oxygen atoms in total. The molecule has 2 aromatic carbocycles. The first-order valence-corrected chi connectivity index (χ1v) is 10.7. The van der Waals surface area contributed by atoms with Crippen molar-refractivity contribution >= 4 is 29.1 Å². The Kier molecular flexibility index (Phi) is 5.23. The number of hydrogen-bond acceptors (Lipinski definition) is 4. The summed E-state index contributed by atoms with van der Waals surface area (Å²) in [5.41, 5.74) is 3.65. The summed E-state index contributed by atoms with van der Waals surface area (Å²) in [5, 5.41) is 2.96. The number of para-hydroxylation sites is 1. The van der Waals surface area contributed by atoms with Crippen molar-refractivity contribution in [2.24, 2.45) is 5.92 Å². The second-order valence-corrected chi connectivity index (χ2v) is 8.17. The highest BCUT2D eigenvalue weighted by Gasteiger charge is 2.35. The van der Waals surface area contributed by atoms with Gasteiger partial charge in [-0.05, 0) is 53.9 Å². The minimum Gasteiger partial charge on any atom is -0.459 e. The predicted octanol–water partition coefficient (Wildman–Crippen LogP) is 3.47. The zero-order valence-electron chi connectivity index (χ0n) is 17.5. The van der Waals surface area contributed by atoms with Crippen molar-refractivity contribution in [3.8, 4) is 0 Å². The van der Waals surface area contributed by atoms with Gasteiger partial charge in [-0.2, -0.15) is 0 Å². The molecule has 1 fully saturated rings. The Hall–Kier alpha value is -3.87. The van der Waals surface area contributed by atoms with Crippen molar-refractivity contribution in [2.45, 2.75) is 19.4 Å². The molecule has 0 spiro atoms. The predicted molar refractivity (Wildman–Crippen MR) is 119 cm³/mol. The molecule has 1 N–H and O–H groups in total. The van der Waals surface area contributed by atoms with Crippen molar-refractivity contribution in [1.29, 1.82) is 0 Å². The fraction of sp³-hybridized carbons (Fsp3) is 0.240. The third-order valence-electron chi connectivity index (χ3n) is 6.07. The molecule has 0 radical (unpaired) electrons. The SMILES string of the molecule is O=C(Nc1ccc2c(c1)CN(C(=O)c1ccco1)CC2)C1CC(=O)N(c2ccccc2)C1. The van der Waals surface area contributed by atoms with Crippen LogP contribution in [0.2, 0.25) is 0 Å². The standard InChI is InChI=1S/C25H23N3O4/c29-23-14-19(16-28(23)21-5-2-1-3-6-21)24(30)26-20-9-8-17-10-11-27(15-18(17)13-20)25(31)22-7-4-12-32-22/h1-9,12-13,19H,10-11,14-16H2,(H,26,30). The average Bonchev–Trinajstić information content (AvgIpc) is 3.49. The quantitative estimate of drug-likeness (QED) is 0.689. The molecule has 32 heavy (non-hydrogen) atoms. The summed E-state index contributed by atoms with van der Waals surface area (Å²) in [4.78, 5) is 41.3. The summed E-state index contributed by atoms with van der Waals surface area (Å²) >= 11 is 0. The van der Waals surface area contributed by atoms with Gasteiger partial charge in [0.2, 0.25) is 11.8 Å². The van der Waals surface area contributed by atoms with E-state index in [1.54, 1.807) is 21.9 Å². The van der Waals surface area contributed by atoms with Gasteiger partial charge in [-0.15, -0.1) is 0 Å². The number of carbonyl (C=O) groups excluding carboxylic acids is 3. The third-order valence-corrected chi connectivity index (χ3v) is 6.07. The van der Waals surface area contributed by atoms with Gasteiger partial charge in [-0.25, -0.2) is 0 Å². The van der Waals surface area contributed by atoms with Crippen LogP contribution in [0.15, 0.2) is 71.3 Å². The van der Waals surface area contributed by atoms with Crippen LogP contribution in [0.1, 0.15) is 28.1 Å². The number of anilines is 2. The number of amides is 3. The summed E-state index contributed by atoms with van der Waals surface area (Å²) in [5.74, 6) is -0.437. The van der Waals surface area contributed by atoms with Crippen molar-refractivity contribution < 1.29 is 18.8 Å². The van der Waals surface area contributed by atoms with E-state index in [1.165, 1.54) is 6.26 Å². The molecule has 162 valence electrons. The van der Waals surface area contributed by atoms with Gasteiger partial charge in [0.25, 0.3) is 5.91 Å². The molecule has 0 aliphatic carbocycles. The summed E-state index contributed by atoms with van der Waals surface area (Å²) in [7, 11) is 0. The molecular weight excluding hydrogens is 406 g/mol. The van der Waals surface area contributed by atoms with Crippen LogP contribution in [-0.4, -0.2) is 35.7 Å². The maximum absolute atomic E-state index is 12.9. The van der Waals surface area contributed by atoms with E-state index in [0.717, 1.165) is 23.2 Å². The smallest absolute Gasteiger partial charge is 0.289 e. The number of fused-ring (bicyclic) bond motifs is 1. The Labute approximate surface area is 185 Å². The van der Waals surface area contributed by atoms with Gasteiger partial charge < -0.3 is 19.5 Å². The first kappa shape index (κ1) is 20.1. The minimum absolute atomic E-state index is 0.0473. The lowest BCUT2D eigenvalue weighted by Crippen LogP contribution is -2.35. The molecule has 3 heterocycles. The normalized spacial score (nSPS) is 17.9. The molecule has 3 amide bonds. The van der Waals surface area contributed by atoms with Gasteiger partial charge in [0, 0.05) is 37.4 Å². The third kappa shape index (κ3) is 3.89. The van der Waals surface area contributed by atoms with E-state index in [1.807, 2.05) is 48.5 Å². The fourth-order valence-electron chi connectivity index (χ4n) is 4.35. The Morgan fingerprint density at radius 1 is 1.00 bits per heavy atom. The van der Waals surface area contributed by atoms with Crippen LogP contribution in [0.3, 0.4) is 0 Å². The molecule has 2 aliphatic heterocycles. The van der Waals surface area contributed by atoms with Crippen molar-refractivity contribution in [3.05, 3.63) is 83.8 Å². The Bertz CT molecular complexity index is 1160. The largest absolute Gasteiger partial charge is 0.459 e. The first-order chi connectivity index (χ1) is 15.6. The van der Waals surface area contributed by atoms with E-state index in [2.05, 4.69) is 5.32 Å². The van der Waals surface area contributed by atoms with Gasteiger partial charge in [0.05, 0.1) is 12.2 Å². The second kappa shape index (κ2) is 8.34. The van der Waals surface area contributed by atoms with Crippen LogP contribution >= 0.6 is 0 Å². The van der Waals surface area contributed by atoms with Gasteiger partial charge in [-0.3, -0.25) is 14.4 Å². The number of hydrogen-bond donors (Lipinski definition) is 1. The summed E-state index contributed by atoms with van der Waals surface area (Å²) < 4.78 is 5.24. The van der Waals surface area contributed by atoms with E-state index in [0.29, 0.717) is 31.1 Å². The Balaban J connectivity index is 1.26. The van der Waals surface area contributed by atoms with Crippen LogP contribution < -0.4 is 10.2 Å². The van der Waals surface area contributed by atoms with E-state index in [4.69, 9.17) is 4.42 Å². The molecule has 5 rings (SSSR count). The van der Waals surface area contributed by atoms with Crippen molar-refractivity contribution in [2.75, 3.05) is 23.3 Å². The van der Waals surface area contributed by atoms with Gasteiger partial charge in [0.15, 0.2) is 5.76 Å². The molecule has 0 bridgehead atoms. The fourth-order valence-corrected chi connectivity index (χ4v) is 4.35. The molecule has 1 saturated heterocycles. The van der Waals surface area contributed by atoms with Crippen molar-refractivity contribution in [1.82, 2.24) is 4.90 Å². The first-order valence-electron chi connectivity index (χ1n) is 10.7. The maximum Gasteiger partial charge on any atom is 0.289 e. The topological polar surface area (TPSA) is 82.9 Å². The highest BCUT2D eigenvalue weighted by molar-refractivity contribution is 6.03. The van der Waals surface area contributed by atoms with Gasteiger partial charge in [-0.1, -0.05) is 24.3 Å². The van der Waals surface area contributed by atoms with Gasteiger partial charge in [0.1, 0.15) is 0 Å². The van der Waals surface area contributed by atoms with Crippen LogP contribution in [0, 0.1) is 5.92 Å². The highest BCUT2D eigenvalue weighted by atomic mass is 16.3. The number of rotatable bonds is 4. The van der Waals surface area contributed by atoms with E-state index >= 15 is 0 Å². The lowest BCUT2D eigenvalue weighted by molar-refractivity contribution is -0.122. The number of carbonyl (C=O) groups is 3. The Morgan fingerprint density at radius 3 is 2.62 bits per heavy atom. The summed E-state index contributed by atoms with van der Waals surface area (Å²) in [6, 6.07) is 18.6. The second-order valence-electron chi connectivity index (χ2n) is 8.17. The molecule has 3 aromatic rings. The number of furan rings is 1. The Morgan fingerprint density at radius 2 is 1.84 bits per heavy atom.